The van der Waals surface area contributed by atoms with Gasteiger partial charge >= 0.3 is 0 Å². The summed E-state index contributed by atoms with van der Waals surface area (Å²) in [6, 6.07) is 6.12. The van der Waals surface area contributed by atoms with Gasteiger partial charge in [0.05, 0.1) is 0 Å². The van der Waals surface area contributed by atoms with E-state index in [4.69, 9.17) is 0 Å². The Labute approximate surface area is 174 Å². The summed E-state index contributed by atoms with van der Waals surface area (Å²) in [5, 5.41) is 3.08. The van der Waals surface area contributed by atoms with Crippen LogP contribution < -0.4 is 5.32 Å². The number of para-hydroxylation sites is 1. The van der Waals surface area contributed by atoms with Crippen LogP contribution in [-0.4, -0.2) is 5.91 Å². The molecule has 28 heavy (non-hydrogen) atoms. The number of rotatable bonds is 16. The van der Waals surface area contributed by atoms with Gasteiger partial charge < -0.3 is 5.32 Å². The van der Waals surface area contributed by atoms with E-state index in [0.29, 0.717) is 6.42 Å². The first-order valence-electron chi connectivity index (χ1n) is 11.7. The summed E-state index contributed by atoms with van der Waals surface area (Å²) in [6.07, 6.45) is 22.1. The molecule has 1 aromatic carbocycles. The highest BCUT2D eigenvalue weighted by Gasteiger charge is 2.06. The summed E-state index contributed by atoms with van der Waals surface area (Å²) in [4.78, 5) is 12.1. The van der Waals surface area contributed by atoms with Gasteiger partial charge in [0.15, 0.2) is 0 Å². The lowest BCUT2D eigenvalue weighted by Crippen LogP contribution is -2.13. The van der Waals surface area contributed by atoms with Crippen molar-refractivity contribution in [2.45, 2.75) is 111 Å². The third-order valence-corrected chi connectivity index (χ3v) is 5.41. The summed E-state index contributed by atoms with van der Waals surface area (Å²) in [5.74, 6) is 0.148. The van der Waals surface area contributed by atoms with Crippen LogP contribution in [0.5, 0.6) is 0 Å². The average Bonchev–Trinajstić information content (AvgIpc) is 2.68. The molecule has 158 valence electrons. The van der Waals surface area contributed by atoms with Crippen molar-refractivity contribution < 1.29 is 4.79 Å². The Kier molecular flexibility index (Phi) is 14.3. The standard InChI is InChI=1S/C26H43NO/c1-4-5-6-7-8-9-10-11-12-13-14-15-16-17-18-22-25(28)27-26-23(2)20-19-21-24(26)3/h11-12,19-21H,4-10,13-18,22H2,1-3H3,(H,27,28)/b12-11+. The largest absolute Gasteiger partial charge is 0.326 e. The number of allylic oxidation sites excluding steroid dienone is 2. The molecule has 0 spiro atoms. The molecule has 1 N–H and O–H groups in total. The molecule has 0 radical (unpaired) electrons. The normalized spacial score (nSPS) is 11.2. The maximum Gasteiger partial charge on any atom is 0.224 e. The molecule has 0 heterocycles. The second kappa shape index (κ2) is 16.4. The van der Waals surface area contributed by atoms with Gasteiger partial charge in [0.1, 0.15) is 0 Å². The van der Waals surface area contributed by atoms with Crippen LogP contribution in [0, 0.1) is 13.8 Å². The number of carbonyl (C=O) groups is 1. The summed E-state index contributed by atoms with van der Waals surface area (Å²) in [6.45, 7) is 6.36. The molecule has 0 aromatic heterocycles. The number of aryl methyl sites for hydroxylation is 2. The Morgan fingerprint density at radius 3 is 1.86 bits per heavy atom. The monoisotopic (exact) mass is 385 g/mol. The van der Waals surface area contributed by atoms with E-state index in [0.717, 1.165) is 29.7 Å². The fraction of sp³-hybridized carbons (Fsp3) is 0.654. The molecular weight excluding hydrogens is 342 g/mol. The molecule has 2 nitrogen and oxygen atoms in total. The van der Waals surface area contributed by atoms with Gasteiger partial charge in [-0.05, 0) is 57.1 Å². The zero-order chi connectivity index (χ0) is 20.5. The Bertz CT molecular complexity index is 541. The van der Waals surface area contributed by atoms with Crippen molar-refractivity contribution in [3.05, 3.63) is 41.5 Å². The molecule has 2 heteroatoms. The molecule has 0 saturated carbocycles. The number of benzene rings is 1. The summed E-state index contributed by atoms with van der Waals surface area (Å²) in [5.41, 5.74) is 3.26. The SMILES string of the molecule is CCCCCCCC/C=C/CCCCCCCC(=O)Nc1c(C)cccc1C. The Balaban J connectivity index is 1.93. The number of nitrogens with one attached hydrogen (secondary N) is 1. The zero-order valence-corrected chi connectivity index (χ0v) is 18.7. The van der Waals surface area contributed by atoms with E-state index >= 15 is 0 Å². The molecule has 1 aromatic rings. The number of anilines is 1. The Morgan fingerprint density at radius 1 is 0.786 bits per heavy atom. The van der Waals surface area contributed by atoms with E-state index in [1.807, 2.05) is 32.0 Å². The van der Waals surface area contributed by atoms with Crippen molar-refractivity contribution in [2.75, 3.05) is 5.32 Å². The minimum Gasteiger partial charge on any atom is -0.326 e. The second-order valence-corrected chi connectivity index (χ2v) is 8.15. The second-order valence-electron chi connectivity index (χ2n) is 8.15. The molecule has 1 rings (SSSR count). The summed E-state index contributed by atoms with van der Waals surface area (Å²) in [7, 11) is 0. The average molecular weight is 386 g/mol. The number of amides is 1. The van der Waals surface area contributed by atoms with Gasteiger partial charge in [-0.2, -0.15) is 0 Å². The minimum atomic E-state index is 0.148. The molecule has 0 aliphatic rings. The van der Waals surface area contributed by atoms with E-state index in [1.54, 1.807) is 0 Å². The van der Waals surface area contributed by atoms with Gasteiger partial charge in [-0.15, -0.1) is 0 Å². The van der Waals surface area contributed by atoms with E-state index < -0.39 is 0 Å². The highest BCUT2D eigenvalue weighted by Crippen LogP contribution is 2.20. The number of unbranched alkanes of at least 4 members (excludes halogenated alkanes) is 11. The number of hydrogen-bond donors (Lipinski definition) is 1. The van der Waals surface area contributed by atoms with E-state index in [9.17, 15) is 4.79 Å². The number of hydrogen-bond acceptors (Lipinski definition) is 1. The molecule has 0 unspecified atom stereocenters. The van der Waals surface area contributed by atoms with Crippen molar-refractivity contribution in [1.82, 2.24) is 0 Å². The van der Waals surface area contributed by atoms with Crippen LogP contribution in [0.3, 0.4) is 0 Å². The zero-order valence-electron chi connectivity index (χ0n) is 18.7. The van der Waals surface area contributed by atoms with Gasteiger partial charge in [0, 0.05) is 12.1 Å². The van der Waals surface area contributed by atoms with Gasteiger partial charge in [0.25, 0.3) is 0 Å². The van der Waals surface area contributed by atoms with Crippen molar-refractivity contribution in [1.29, 1.82) is 0 Å². The third kappa shape index (κ3) is 12.0. The van der Waals surface area contributed by atoms with Crippen LogP contribution in [0.25, 0.3) is 0 Å². The molecule has 0 saturated heterocycles. The smallest absolute Gasteiger partial charge is 0.224 e. The first-order valence-corrected chi connectivity index (χ1v) is 11.7. The van der Waals surface area contributed by atoms with E-state index in [-0.39, 0.29) is 5.91 Å². The van der Waals surface area contributed by atoms with Gasteiger partial charge in [-0.1, -0.05) is 88.6 Å². The van der Waals surface area contributed by atoms with Crippen molar-refractivity contribution >= 4 is 11.6 Å². The third-order valence-electron chi connectivity index (χ3n) is 5.41. The topological polar surface area (TPSA) is 29.1 Å². The van der Waals surface area contributed by atoms with Crippen molar-refractivity contribution in [3.63, 3.8) is 0 Å². The fourth-order valence-electron chi connectivity index (χ4n) is 3.57. The predicted molar refractivity (Wildman–Crippen MR) is 124 cm³/mol. The van der Waals surface area contributed by atoms with Crippen LogP contribution in [0.2, 0.25) is 0 Å². The maximum absolute atomic E-state index is 12.1. The van der Waals surface area contributed by atoms with Crippen molar-refractivity contribution in [2.24, 2.45) is 0 Å². The predicted octanol–water partition coefficient (Wildman–Crippen LogP) is 8.28. The fourth-order valence-corrected chi connectivity index (χ4v) is 3.57. The van der Waals surface area contributed by atoms with Gasteiger partial charge in [-0.3, -0.25) is 4.79 Å². The summed E-state index contributed by atoms with van der Waals surface area (Å²) < 4.78 is 0. The molecule has 0 bridgehead atoms. The van der Waals surface area contributed by atoms with E-state index in [2.05, 4.69) is 24.4 Å². The summed E-state index contributed by atoms with van der Waals surface area (Å²) >= 11 is 0. The quantitative estimate of drug-likeness (QED) is 0.225. The van der Waals surface area contributed by atoms with Crippen LogP contribution >= 0.6 is 0 Å². The first-order chi connectivity index (χ1) is 13.6. The molecular formula is C26H43NO. The van der Waals surface area contributed by atoms with Crippen LogP contribution in [0.4, 0.5) is 5.69 Å². The molecule has 1 amide bonds. The molecule has 0 aliphatic carbocycles. The Hall–Kier alpha value is -1.57. The molecule has 0 aliphatic heterocycles. The van der Waals surface area contributed by atoms with Crippen LogP contribution in [-0.2, 0) is 4.79 Å². The molecule has 0 fully saturated rings. The van der Waals surface area contributed by atoms with Crippen molar-refractivity contribution in [3.8, 4) is 0 Å². The van der Waals surface area contributed by atoms with Gasteiger partial charge in [-0.25, -0.2) is 0 Å². The minimum absolute atomic E-state index is 0.148. The molecule has 0 atom stereocenters. The lowest BCUT2D eigenvalue weighted by atomic mass is 10.1. The Morgan fingerprint density at radius 2 is 1.29 bits per heavy atom. The highest BCUT2D eigenvalue weighted by atomic mass is 16.1. The highest BCUT2D eigenvalue weighted by molar-refractivity contribution is 5.92. The van der Waals surface area contributed by atoms with Gasteiger partial charge in [0.2, 0.25) is 5.91 Å². The lowest BCUT2D eigenvalue weighted by molar-refractivity contribution is -0.116. The maximum atomic E-state index is 12.1. The lowest BCUT2D eigenvalue weighted by Gasteiger charge is -2.11. The van der Waals surface area contributed by atoms with Crippen LogP contribution in [0.1, 0.15) is 108 Å². The first kappa shape index (κ1) is 24.5. The number of carbonyl (C=O) groups excluding carboxylic acids is 1. The van der Waals surface area contributed by atoms with E-state index in [1.165, 1.54) is 70.6 Å². The van der Waals surface area contributed by atoms with Crippen LogP contribution in [0.15, 0.2) is 30.4 Å².